The van der Waals surface area contributed by atoms with Gasteiger partial charge in [0.1, 0.15) is 5.69 Å². The average molecular weight is 246 g/mol. The van der Waals surface area contributed by atoms with E-state index < -0.39 is 0 Å². The lowest BCUT2D eigenvalue weighted by atomic mass is 9.78. The van der Waals surface area contributed by atoms with Gasteiger partial charge in [0.2, 0.25) is 0 Å². The van der Waals surface area contributed by atoms with Crippen molar-refractivity contribution < 1.29 is 4.79 Å². The molecule has 1 aromatic rings. The largest absolute Gasteiger partial charge is 0.337 e. The van der Waals surface area contributed by atoms with Crippen molar-refractivity contribution in [3.8, 4) is 0 Å². The summed E-state index contributed by atoms with van der Waals surface area (Å²) in [4.78, 5) is 22.1. The van der Waals surface area contributed by atoms with Crippen LogP contribution in [0.4, 0.5) is 0 Å². The van der Waals surface area contributed by atoms with E-state index in [1.165, 1.54) is 6.42 Å². The number of piperidine rings is 1. The van der Waals surface area contributed by atoms with Crippen LogP contribution in [0.25, 0.3) is 0 Å². The molecule has 0 aliphatic carbocycles. The molecule has 5 heteroatoms. The van der Waals surface area contributed by atoms with Crippen LogP contribution in [0.15, 0.2) is 18.6 Å². The van der Waals surface area contributed by atoms with Crippen molar-refractivity contribution in [2.45, 2.75) is 19.3 Å². The van der Waals surface area contributed by atoms with Crippen LogP contribution in [0.5, 0.6) is 0 Å². The van der Waals surface area contributed by atoms with E-state index in [9.17, 15) is 4.79 Å². The lowest BCUT2D eigenvalue weighted by Crippen LogP contribution is -2.44. The Hall–Kier alpha value is -1.49. The quantitative estimate of drug-likeness (QED) is 0.792. The summed E-state index contributed by atoms with van der Waals surface area (Å²) >= 11 is 0. The summed E-state index contributed by atoms with van der Waals surface area (Å²) in [6.45, 7) is 3.92. The van der Waals surface area contributed by atoms with Gasteiger partial charge in [-0.15, -0.1) is 0 Å². The second kappa shape index (κ2) is 4.65. The third kappa shape index (κ3) is 2.10. The minimum Gasteiger partial charge on any atom is -0.337 e. The van der Waals surface area contributed by atoms with Crippen molar-refractivity contribution in [2.24, 2.45) is 5.41 Å². The second-order valence-corrected chi connectivity index (χ2v) is 5.31. The van der Waals surface area contributed by atoms with E-state index in [1.807, 2.05) is 4.90 Å². The fourth-order valence-corrected chi connectivity index (χ4v) is 2.98. The molecule has 96 valence electrons. The molecular weight excluding hydrogens is 228 g/mol. The SMILES string of the molecule is O=C(c1cnccn1)N1CCC2(CCNC2)CC1. The van der Waals surface area contributed by atoms with Crippen molar-refractivity contribution in [1.82, 2.24) is 20.2 Å². The van der Waals surface area contributed by atoms with Gasteiger partial charge in [-0.25, -0.2) is 4.98 Å². The third-order valence-electron chi connectivity index (χ3n) is 4.23. The highest BCUT2D eigenvalue weighted by Gasteiger charge is 2.38. The minimum absolute atomic E-state index is 0.0175. The normalized spacial score (nSPS) is 22.3. The van der Waals surface area contributed by atoms with Crippen LogP contribution < -0.4 is 5.32 Å². The fourth-order valence-electron chi connectivity index (χ4n) is 2.98. The van der Waals surface area contributed by atoms with Gasteiger partial charge in [-0.1, -0.05) is 0 Å². The summed E-state index contributed by atoms with van der Waals surface area (Å²) < 4.78 is 0. The number of hydrogen-bond donors (Lipinski definition) is 1. The Kier molecular flexibility index (Phi) is 2.99. The standard InChI is InChI=1S/C13H18N4O/c18-12(11-9-14-5-6-16-11)17-7-2-13(3-8-17)1-4-15-10-13/h5-6,9,15H,1-4,7-8,10H2. The molecular formula is C13H18N4O. The fraction of sp³-hybridized carbons (Fsp3) is 0.615. The smallest absolute Gasteiger partial charge is 0.274 e. The third-order valence-corrected chi connectivity index (χ3v) is 4.23. The lowest BCUT2D eigenvalue weighted by Gasteiger charge is -2.38. The molecule has 5 nitrogen and oxygen atoms in total. The Morgan fingerprint density at radius 3 is 2.72 bits per heavy atom. The van der Waals surface area contributed by atoms with Gasteiger partial charge in [-0.2, -0.15) is 0 Å². The van der Waals surface area contributed by atoms with Gasteiger partial charge in [0, 0.05) is 32.0 Å². The molecule has 3 rings (SSSR count). The molecule has 18 heavy (non-hydrogen) atoms. The highest BCUT2D eigenvalue weighted by molar-refractivity contribution is 5.92. The topological polar surface area (TPSA) is 58.1 Å². The molecule has 1 N–H and O–H groups in total. The molecule has 0 aromatic carbocycles. The van der Waals surface area contributed by atoms with Gasteiger partial charge in [-0.05, 0) is 31.2 Å². The van der Waals surface area contributed by atoms with Gasteiger partial charge >= 0.3 is 0 Å². The van der Waals surface area contributed by atoms with Crippen molar-refractivity contribution in [1.29, 1.82) is 0 Å². The maximum atomic E-state index is 12.2. The Balaban J connectivity index is 1.64. The molecule has 2 aliphatic rings. The second-order valence-electron chi connectivity index (χ2n) is 5.31. The van der Waals surface area contributed by atoms with Crippen LogP contribution in [0, 0.1) is 5.41 Å². The Morgan fingerprint density at radius 2 is 2.11 bits per heavy atom. The molecule has 1 amide bonds. The summed E-state index contributed by atoms with van der Waals surface area (Å²) in [5, 5.41) is 3.43. The highest BCUT2D eigenvalue weighted by atomic mass is 16.2. The average Bonchev–Trinajstić information content (AvgIpc) is 2.88. The monoisotopic (exact) mass is 246 g/mol. The van der Waals surface area contributed by atoms with Gasteiger partial charge in [0.15, 0.2) is 0 Å². The zero-order chi connectivity index (χ0) is 12.4. The maximum absolute atomic E-state index is 12.2. The number of carbonyl (C=O) groups excluding carboxylic acids is 1. The number of aromatic nitrogens is 2. The van der Waals surface area contributed by atoms with E-state index in [-0.39, 0.29) is 5.91 Å². The summed E-state index contributed by atoms with van der Waals surface area (Å²) in [6, 6.07) is 0. The van der Waals surface area contributed by atoms with Crippen molar-refractivity contribution in [2.75, 3.05) is 26.2 Å². The molecule has 0 unspecified atom stereocenters. The zero-order valence-electron chi connectivity index (χ0n) is 10.4. The number of rotatable bonds is 1. The lowest BCUT2D eigenvalue weighted by molar-refractivity contribution is 0.0601. The number of carbonyl (C=O) groups is 1. The van der Waals surface area contributed by atoms with Crippen molar-refractivity contribution in [3.63, 3.8) is 0 Å². The molecule has 1 aromatic heterocycles. The Morgan fingerprint density at radius 1 is 1.28 bits per heavy atom. The summed E-state index contributed by atoms with van der Waals surface area (Å²) in [5.41, 5.74) is 0.900. The van der Waals surface area contributed by atoms with Gasteiger partial charge in [-0.3, -0.25) is 9.78 Å². The number of likely N-dealkylation sites (tertiary alicyclic amines) is 1. The van der Waals surface area contributed by atoms with Crippen LogP contribution in [-0.2, 0) is 0 Å². The first kappa shape index (κ1) is 11.6. The van der Waals surface area contributed by atoms with E-state index in [0.717, 1.165) is 39.0 Å². The van der Waals surface area contributed by atoms with E-state index >= 15 is 0 Å². The summed E-state index contributed by atoms with van der Waals surface area (Å²) in [5.74, 6) is 0.0175. The van der Waals surface area contributed by atoms with Crippen molar-refractivity contribution in [3.05, 3.63) is 24.3 Å². The predicted molar refractivity (Wildman–Crippen MR) is 67.1 cm³/mol. The summed E-state index contributed by atoms with van der Waals surface area (Å²) in [6.07, 6.45) is 8.16. The highest BCUT2D eigenvalue weighted by Crippen LogP contribution is 2.37. The molecule has 0 saturated carbocycles. The molecule has 2 fully saturated rings. The number of nitrogens with one attached hydrogen (secondary N) is 1. The summed E-state index contributed by atoms with van der Waals surface area (Å²) in [7, 11) is 0. The van der Waals surface area contributed by atoms with E-state index in [1.54, 1.807) is 18.6 Å². The van der Waals surface area contributed by atoms with Crippen LogP contribution in [0.2, 0.25) is 0 Å². The molecule has 0 radical (unpaired) electrons. The maximum Gasteiger partial charge on any atom is 0.274 e. The first-order valence-electron chi connectivity index (χ1n) is 6.55. The Bertz CT molecular complexity index is 418. The molecule has 3 heterocycles. The first-order valence-corrected chi connectivity index (χ1v) is 6.55. The molecule has 1 spiro atoms. The van der Waals surface area contributed by atoms with Crippen LogP contribution in [-0.4, -0.2) is 47.0 Å². The number of hydrogen-bond acceptors (Lipinski definition) is 4. The molecule has 0 atom stereocenters. The molecule has 0 bridgehead atoms. The van der Waals surface area contributed by atoms with E-state index in [4.69, 9.17) is 0 Å². The number of nitrogens with zero attached hydrogens (tertiary/aromatic N) is 3. The molecule has 2 aliphatic heterocycles. The minimum atomic E-state index is 0.0175. The predicted octanol–water partition coefficient (Wildman–Crippen LogP) is 0.692. The molecule has 2 saturated heterocycles. The van der Waals surface area contributed by atoms with E-state index in [0.29, 0.717) is 11.1 Å². The van der Waals surface area contributed by atoms with E-state index in [2.05, 4.69) is 15.3 Å². The zero-order valence-corrected chi connectivity index (χ0v) is 10.4. The van der Waals surface area contributed by atoms with Gasteiger partial charge in [0.05, 0.1) is 6.20 Å². The van der Waals surface area contributed by atoms with Crippen molar-refractivity contribution >= 4 is 5.91 Å². The van der Waals surface area contributed by atoms with Crippen LogP contribution in [0.3, 0.4) is 0 Å². The van der Waals surface area contributed by atoms with Crippen LogP contribution in [0.1, 0.15) is 29.8 Å². The van der Waals surface area contributed by atoms with Gasteiger partial charge in [0.25, 0.3) is 5.91 Å². The van der Waals surface area contributed by atoms with Crippen LogP contribution >= 0.6 is 0 Å². The number of amides is 1. The van der Waals surface area contributed by atoms with Gasteiger partial charge < -0.3 is 10.2 Å². The first-order chi connectivity index (χ1) is 8.79. The Labute approximate surface area is 107 Å².